The molecule has 154 valence electrons. The lowest BCUT2D eigenvalue weighted by Crippen LogP contribution is -2.49. The molecule has 0 aliphatic carbocycles. The van der Waals surface area contributed by atoms with Gasteiger partial charge in [-0.2, -0.15) is 0 Å². The number of thioether (sulfide) groups is 1. The van der Waals surface area contributed by atoms with Crippen LogP contribution in [-0.4, -0.2) is 73.6 Å². The third-order valence-electron chi connectivity index (χ3n) is 5.10. The van der Waals surface area contributed by atoms with Crippen LogP contribution in [0.15, 0.2) is 24.3 Å². The number of hydrogen-bond acceptors (Lipinski definition) is 6. The Bertz CT molecular complexity index is 820. The van der Waals surface area contributed by atoms with Gasteiger partial charge in [0.1, 0.15) is 11.8 Å². The maximum absolute atomic E-state index is 13.0. The van der Waals surface area contributed by atoms with E-state index in [0.717, 1.165) is 0 Å². The molecule has 0 radical (unpaired) electrons. The molecule has 10 heteroatoms. The Balaban J connectivity index is 1.60. The molecule has 1 aromatic carbocycles. The van der Waals surface area contributed by atoms with Crippen molar-refractivity contribution in [3.05, 3.63) is 24.3 Å². The maximum atomic E-state index is 13.0. The normalized spacial score (nSPS) is 21.5. The quantitative estimate of drug-likeness (QED) is 0.759. The topological polar surface area (TPSA) is 96.0 Å². The summed E-state index contributed by atoms with van der Waals surface area (Å²) < 4.78 is 29.8. The minimum atomic E-state index is -3.23. The third kappa shape index (κ3) is 4.79. The molecule has 1 N–H and O–H groups in total. The second kappa shape index (κ2) is 8.71. The number of sulfonamides is 1. The molecule has 2 amide bonds. The van der Waals surface area contributed by atoms with E-state index in [1.165, 1.54) is 10.6 Å². The lowest BCUT2D eigenvalue weighted by molar-refractivity contribution is -0.140. The van der Waals surface area contributed by atoms with E-state index in [1.807, 2.05) is 0 Å². The van der Waals surface area contributed by atoms with Crippen LogP contribution in [0, 0.1) is 5.92 Å². The molecule has 2 heterocycles. The van der Waals surface area contributed by atoms with E-state index in [0.29, 0.717) is 49.0 Å². The van der Waals surface area contributed by atoms with Gasteiger partial charge in [-0.15, -0.1) is 11.8 Å². The number of carbonyl (C=O) groups excluding carboxylic acids is 2. The summed E-state index contributed by atoms with van der Waals surface area (Å²) in [7, 11) is -1.65. The van der Waals surface area contributed by atoms with Crippen molar-refractivity contribution in [2.45, 2.75) is 18.9 Å². The van der Waals surface area contributed by atoms with Gasteiger partial charge in [0.15, 0.2) is 0 Å². The first-order valence-electron chi connectivity index (χ1n) is 9.08. The van der Waals surface area contributed by atoms with Crippen LogP contribution in [0.1, 0.15) is 12.8 Å². The van der Waals surface area contributed by atoms with Gasteiger partial charge in [-0.1, -0.05) is 0 Å². The fourth-order valence-electron chi connectivity index (χ4n) is 3.45. The van der Waals surface area contributed by atoms with Gasteiger partial charge in [-0.3, -0.25) is 9.59 Å². The van der Waals surface area contributed by atoms with Gasteiger partial charge in [0.05, 0.1) is 19.2 Å². The van der Waals surface area contributed by atoms with Crippen molar-refractivity contribution in [2.75, 3.05) is 43.4 Å². The second-order valence-electron chi connectivity index (χ2n) is 6.98. The first kappa shape index (κ1) is 20.9. The molecule has 2 saturated heterocycles. The zero-order valence-corrected chi connectivity index (χ0v) is 17.6. The van der Waals surface area contributed by atoms with E-state index in [1.54, 1.807) is 48.0 Å². The summed E-state index contributed by atoms with van der Waals surface area (Å²) in [5.41, 5.74) is 0.650. The summed E-state index contributed by atoms with van der Waals surface area (Å²) in [6, 6.07) is 6.51. The van der Waals surface area contributed by atoms with Crippen LogP contribution < -0.4 is 10.1 Å². The highest BCUT2D eigenvalue weighted by atomic mass is 32.2. The van der Waals surface area contributed by atoms with Gasteiger partial charge < -0.3 is 15.0 Å². The first-order valence-corrected chi connectivity index (χ1v) is 12.1. The summed E-state index contributed by atoms with van der Waals surface area (Å²) in [4.78, 5) is 27.3. The molecule has 1 unspecified atom stereocenters. The van der Waals surface area contributed by atoms with Gasteiger partial charge >= 0.3 is 0 Å². The summed E-state index contributed by atoms with van der Waals surface area (Å²) in [6.45, 7) is 0.692. The molecule has 0 bridgehead atoms. The van der Waals surface area contributed by atoms with Crippen LogP contribution >= 0.6 is 11.8 Å². The number of amides is 2. The Morgan fingerprint density at radius 1 is 1.18 bits per heavy atom. The SMILES string of the molecule is COc1ccc(NC(=O)C2CSCN2C(=O)C2CCN(S(C)(=O)=O)CC2)cc1. The van der Waals surface area contributed by atoms with Crippen molar-refractivity contribution in [1.82, 2.24) is 9.21 Å². The molecule has 0 aromatic heterocycles. The molecule has 0 spiro atoms. The summed E-state index contributed by atoms with van der Waals surface area (Å²) >= 11 is 1.55. The van der Waals surface area contributed by atoms with Crippen molar-refractivity contribution in [1.29, 1.82) is 0 Å². The van der Waals surface area contributed by atoms with Crippen LogP contribution in [0.3, 0.4) is 0 Å². The number of piperidine rings is 1. The van der Waals surface area contributed by atoms with Crippen molar-refractivity contribution in [3.63, 3.8) is 0 Å². The predicted octanol–water partition coefficient (Wildman–Crippen LogP) is 1.21. The van der Waals surface area contributed by atoms with E-state index < -0.39 is 16.1 Å². The molecule has 1 atom stereocenters. The van der Waals surface area contributed by atoms with E-state index in [-0.39, 0.29) is 17.7 Å². The highest BCUT2D eigenvalue weighted by molar-refractivity contribution is 7.99. The largest absolute Gasteiger partial charge is 0.497 e. The summed E-state index contributed by atoms with van der Waals surface area (Å²) in [6.07, 6.45) is 2.16. The van der Waals surface area contributed by atoms with Gasteiger partial charge in [-0.25, -0.2) is 12.7 Å². The van der Waals surface area contributed by atoms with Crippen LogP contribution in [0.5, 0.6) is 5.75 Å². The predicted molar refractivity (Wildman–Crippen MR) is 109 cm³/mol. The van der Waals surface area contributed by atoms with E-state index >= 15 is 0 Å². The van der Waals surface area contributed by atoms with Gasteiger partial charge in [0.2, 0.25) is 21.8 Å². The van der Waals surface area contributed by atoms with Crippen LogP contribution in [0.4, 0.5) is 5.69 Å². The maximum Gasteiger partial charge on any atom is 0.248 e. The van der Waals surface area contributed by atoms with Crippen LogP contribution in [0.2, 0.25) is 0 Å². The molecular formula is C18H25N3O5S2. The number of anilines is 1. The van der Waals surface area contributed by atoms with Crippen molar-refractivity contribution in [2.24, 2.45) is 5.92 Å². The zero-order chi connectivity index (χ0) is 20.3. The molecule has 2 aliphatic heterocycles. The average Bonchev–Trinajstić information content (AvgIpc) is 3.17. The highest BCUT2D eigenvalue weighted by Gasteiger charge is 2.39. The number of hydrogen-bond donors (Lipinski definition) is 1. The van der Waals surface area contributed by atoms with Gasteiger partial charge in [0.25, 0.3) is 0 Å². The zero-order valence-electron chi connectivity index (χ0n) is 16.0. The van der Waals surface area contributed by atoms with E-state index in [4.69, 9.17) is 4.74 Å². The summed E-state index contributed by atoms with van der Waals surface area (Å²) in [5.74, 6) is 1.21. The monoisotopic (exact) mass is 427 g/mol. The number of nitrogens with zero attached hydrogens (tertiary/aromatic N) is 2. The minimum Gasteiger partial charge on any atom is -0.497 e. The molecule has 0 saturated carbocycles. The van der Waals surface area contributed by atoms with Gasteiger partial charge in [0, 0.05) is 30.4 Å². The molecule has 3 rings (SSSR count). The molecule has 1 aromatic rings. The fourth-order valence-corrected chi connectivity index (χ4v) is 5.48. The first-order chi connectivity index (χ1) is 13.3. The lowest BCUT2D eigenvalue weighted by Gasteiger charge is -2.33. The van der Waals surface area contributed by atoms with Gasteiger partial charge in [-0.05, 0) is 37.1 Å². The van der Waals surface area contributed by atoms with Crippen molar-refractivity contribution >= 4 is 39.3 Å². The Hall–Kier alpha value is -1.78. The molecule has 2 fully saturated rings. The minimum absolute atomic E-state index is 0.0620. The Morgan fingerprint density at radius 2 is 1.82 bits per heavy atom. The Kier molecular flexibility index (Phi) is 6.51. The third-order valence-corrected chi connectivity index (χ3v) is 7.41. The molecule has 2 aliphatic rings. The van der Waals surface area contributed by atoms with Crippen LogP contribution in [0.25, 0.3) is 0 Å². The Labute approximate surface area is 169 Å². The smallest absolute Gasteiger partial charge is 0.248 e. The lowest BCUT2D eigenvalue weighted by atomic mass is 9.96. The highest BCUT2D eigenvalue weighted by Crippen LogP contribution is 2.28. The van der Waals surface area contributed by atoms with Crippen molar-refractivity contribution in [3.8, 4) is 5.75 Å². The standard InChI is InChI=1S/C18H25N3O5S2/c1-26-15-5-3-14(4-6-15)19-17(22)16-11-27-12-21(16)18(23)13-7-9-20(10-8-13)28(2,24)25/h3-6,13,16H,7-12H2,1-2H3,(H,19,22). The number of carbonyl (C=O) groups is 2. The fraction of sp³-hybridized carbons (Fsp3) is 0.556. The van der Waals surface area contributed by atoms with Crippen molar-refractivity contribution < 1.29 is 22.7 Å². The molecular weight excluding hydrogens is 402 g/mol. The molecule has 28 heavy (non-hydrogen) atoms. The number of ether oxygens (including phenoxy) is 1. The van der Waals surface area contributed by atoms with Crippen LogP contribution in [-0.2, 0) is 19.6 Å². The Morgan fingerprint density at radius 3 is 2.39 bits per heavy atom. The summed E-state index contributed by atoms with van der Waals surface area (Å²) in [5, 5.41) is 2.86. The number of rotatable bonds is 5. The number of nitrogens with one attached hydrogen (secondary N) is 1. The number of methoxy groups -OCH3 is 1. The molecule has 8 nitrogen and oxygen atoms in total. The second-order valence-corrected chi connectivity index (χ2v) is 9.96. The van der Waals surface area contributed by atoms with E-state index in [2.05, 4.69) is 5.32 Å². The van der Waals surface area contributed by atoms with E-state index in [9.17, 15) is 18.0 Å². The number of benzene rings is 1. The average molecular weight is 428 g/mol.